The Kier molecular flexibility index (Phi) is 4.03. The molecule has 0 radical (unpaired) electrons. The second kappa shape index (κ2) is 5.72. The molecule has 0 aliphatic rings. The molecule has 0 aliphatic carbocycles. The lowest BCUT2D eigenvalue weighted by Gasteiger charge is -2.07. The molecule has 0 saturated carbocycles. The van der Waals surface area contributed by atoms with Crippen molar-refractivity contribution in [3.63, 3.8) is 0 Å². The summed E-state index contributed by atoms with van der Waals surface area (Å²) in [6.45, 7) is 0.333. The maximum Gasteiger partial charge on any atom is 0.140 e. The zero-order valence-corrected chi connectivity index (χ0v) is 10.7. The van der Waals surface area contributed by atoms with Crippen LogP contribution in [0.4, 0.5) is 0 Å². The van der Waals surface area contributed by atoms with Crippen LogP contribution in [0.2, 0.25) is 10.0 Å². The van der Waals surface area contributed by atoms with Crippen molar-refractivity contribution in [3.05, 3.63) is 57.8 Å². The summed E-state index contributed by atoms with van der Waals surface area (Å²) in [7, 11) is 0. The maximum absolute atomic E-state index is 8.63. The van der Waals surface area contributed by atoms with Crippen LogP contribution in [0.1, 0.15) is 11.3 Å². The average molecular weight is 279 g/mol. The van der Waals surface area contributed by atoms with Gasteiger partial charge in [-0.3, -0.25) is 0 Å². The van der Waals surface area contributed by atoms with E-state index in [-0.39, 0.29) is 0 Å². The largest absolute Gasteiger partial charge is 0.487 e. The molecule has 0 atom stereocenters. The number of nitrogens with zero attached hydrogens (tertiary/aromatic N) is 2. The van der Waals surface area contributed by atoms with Crippen LogP contribution in [0.25, 0.3) is 0 Å². The Balaban J connectivity index is 2.04. The summed E-state index contributed by atoms with van der Waals surface area (Å²) in [5, 5.41) is 9.65. The average Bonchev–Trinajstić information content (AvgIpc) is 2.38. The molecular formula is C13H8Cl2N2O. The molecule has 0 spiro atoms. The number of hydrogen-bond donors (Lipinski definition) is 0. The fourth-order valence-corrected chi connectivity index (χ4v) is 1.79. The smallest absolute Gasteiger partial charge is 0.140 e. The van der Waals surface area contributed by atoms with E-state index in [9.17, 15) is 0 Å². The minimum Gasteiger partial charge on any atom is -0.487 e. The van der Waals surface area contributed by atoms with Gasteiger partial charge in [0.05, 0.1) is 5.02 Å². The molecule has 0 N–H and O–H groups in total. The summed E-state index contributed by atoms with van der Waals surface area (Å²) in [5.74, 6) is 0.561. The monoisotopic (exact) mass is 278 g/mol. The topological polar surface area (TPSA) is 45.9 Å². The van der Waals surface area contributed by atoms with Gasteiger partial charge in [0.2, 0.25) is 0 Å². The fraction of sp³-hybridized carbons (Fsp3) is 0.0769. The van der Waals surface area contributed by atoms with Crippen molar-refractivity contribution in [2.75, 3.05) is 0 Å². The van der Waals surface area contributed by atoms with Crippen molar-refractivity contribution in [3.8, 4) is 11.8 Å². The van der Waals surface area contributed by atoms with Gasteiger partial charge in [0.1, 0.15) is 24.1 Å². The normalized spacial score (nSPS) is 9.83. The minimum absolute atomic E-state index is 0.333. The third-order valence-electron chi connectivity index (χ3n) is 2.23. The summed E-state index contributed by atoms with van der Waals surface area (Å²) >= 11 is 11.8. The third kappa shape index (κ3) is 3.13. The molecule has 0 bridgehead atoms. The van der Waals surface area contributed by atoms with E-state index in [0.29, 0.717) is 28.1 Å². The van der Waals surface area contributed by atoms with Gasteiger partial charge in [0.25, 0.3) is 0 Å². The highest BCUT2D eigenvalue weighted by Gasteiger charge is 2.03. The van der Waals surface area contributed by atoms with Crippen LogP contribution in [-0.4, -0.2) is 4.98 Å². The molecule has 0 aliphatic heterocycles. The molecule has 5 heteroatoms. The van der Waals surface area contributed by atoms with Crippen molar-refractivity contribution in [2.24, 2.45) is 0 Å². The van der Waals surface area contributed by atoms with Gasteiger partial charge in [-0.15, -0.1) is 0 Å². The molecular weight excluding hydrogens is 271 g/mol. The fourth-order valence-electron chi connectivity index (χ4n) is 1.33. The van der Waals surface area contributed by atoms with Gasteiger partial charge in [-0.2, -0.15) is 5.26 Å². The highest BCUT2D eigenvalue weighted by molar-refractivity contribution is 6.35. The number of nitriles is 1. The van der Waals surface area contributed by atoms with Crippen molar-refractivity contribution >= 4 is 23.2 Å². The van der Waals surface area contributed by atoms with Crippen LogP contribution in [0.15, 0.2) is 36.5 Å². The predicted molar refractivity (Wildman–Crippen MR) is 69.7 cm³/mol. The van der Waals surface area contributed by atoms with Gasteiger partial charge in [0.15, 0.2) is 0 Å². The molecule has 0 unspecified atom stereocenters. The van der Waals surface area contributed by atoms with E-state index in [1.165, 1.54) is 0 Å². The summed E-state index contributed by atoms with van der Waals surface area (Å²) < 4.78 is 5.54. The van der Waals surface area contributed by atoms with Crippen molar-refractivity contribution in [1.29, 1.82) is 5.26 Å². The number of rotatable bonds is 3. The first-order valence-electron chi connectivity index (χ1n) is 5.12. The molecule has 2 aromatic rings. The second-order valence-electron chi connectivity index (χ2n) is 3.53. The summed E-state index contributed by atoms with van der Waals surface area (Å²) in [4.78, 5) is 3.95. The van der Waals surface area contributed by atoms with E-state index in [1.54, 1.807) is 36.5 Å². The Bertz CT molecular complexity index is 591. The third-order valence-corrected chi connectivity index (χ3v) is 2.76. The van der Waals surface area contributed by atoms with Gasteiger partial charge in [-0.25, -0.2) is 4.98 Å². The van der Waals surface area contributed by atoms with Gasteiger partial charge < -0.3 is 4.74 Å². The molecule has 0 amide bonds. The number of ether oxygens (including phenoxy) is 1. The van der Waals surface area contributed by atoms with E-state index in [0.717, 1.165) is 5.56 Å². The van der Waals surface area contributed by atoms with Crippen LogP contribution in [0.5, 0.6) is 5.75 Å². The molecule has 0 fully saturated rings. The molecule has 2 rings (SSSR count). The molecule has 18 heavy (non-hydrogen) atoms. The van der Waals surface area contributed by atoms with Crippen LogP contribution in [-0.2, 0) is 6.61 Å². The molecule has 3 nitrogen and oxygen atoms in total. The van der Waals surface area contributed by atoms with E-state index >= 15 is 0 Å². The first-order valence-corrected chi connectivity index (χ1v) is 5.87. The summed E-state index contributed by atoms with van der Waals surface area (Å²) in [6.07, 6.45) is 1.60. The maximum atomic E-state index is 8.63. The van der Waals surface area contributed by atoms with Crippen LogP contribution >= 0.6 is 23.2 Å². The van der Waals surface area contributed by atoms with Gasteiger partial charge >= 0.3 is 0 Å². The van der Waals surface area contributed by atoms with Crippen molar-refractivity contribution in [1.82, 2.24) is 4.98 Å². The highest BCUT2D eigenvalue weighted by atomic mass is 35.5. The Morgan fingerprint density at radius 1 is 1.22 bits per heavy atom. The first-order chi connectivity index (χ1) is 8.69. The molecule has 1 heterocycles. The molecule has 1 aromatic heterocycles. The molecule has 90 valence electrons. The van der Waals surface area contributed by atoms with Crippen LogP contribution < -0.4 is 4.74 Å². The van der Waals surface area contributed by atoms with Gasteiger partial charge in [0, 0.05) is 16.8 Å². The number of hydrogen-bond acceptors (Lipinski definition) is 3. The SMILES string of the molecule is N#Cc1ccc(COc2ccc(Cl)cc2Cl)cn1. The molecule has 1 aromatic carbocycles. The quantitative estimate of drug-likeness (QED) is 0.857. The Hall–Kier alpha value is -1.76. The zero-order chi connectivity index (χ0) is 13.0. The lowest BCUT2D eigenvalue weighted by molar-refractivity contribution is 0.306. The standard InChI is InChI=1S/C13H8Cl2N2O/c14-10-2-4-13(12(15)5-10)18-8-9-1-3-11(6-16)17-7-9/h1-5,7H,8H2. The highest BCUT2D eigenvalue weighted by Crippen LogP contribution is 2.28. The number of benzene rings is 1. The number of halogens is 2. The second-order valence-corrected chi connectivity index (χ2v) is 4.37. The van der Waals surface area contributed by atoms with Gasteiger partial charge in [-0.1, -0.05) is 29.3 Å². The lowest BCUT2D eigenvalue weighted by atomic mass is 10.2. The van der Waals surface area contributed by atoms with Crippen LogP contribution in [0, 0.1) is 11.3 Å². The number of pyridine rings is 1. The number of aromatic nitrogens is 1. The Labute approximate surface area is 115 Å². The summed E-state index contributed by atoms with van der Waals surface area (Å²) in [5.41, 5.74) is 1.24. The van der Waals surface area contributed by atoms with E-state index in [2.05, 4.69) is 4.98 Å². The Morgan fingerprint density at radius 2 is 2.06 bits per heavy atom. The minimum atomic E-state index is 0.333. The van der Waals surface area contributed by atoms with Crippen molar-refractivity contribution in [2.45, 2.75) is 6.61 Å². The van der Waals surface area contributed by atoms with E-state index < -0.39 is 0 Å². The van der Waals surface area contributed by atoms with Crippen LogP contribution in [0.3, 0.4) is 0 Å². The summed E-state index contributed by atoms with van der Waals surface area (Å²) in [6, 6.07) is 10.4. The molecule has 0 saturated heterocycles. The van der Waals surface area contributed by atoms with E-state index in [1.807, 2.05) is 6.07 Å². The van der Waals surface area contributed by atoms with Gasteiger partial charge in [-0.05, 0) is 24.3 Å². The predicted octanol–water partition coefficient (Wildman–Crippen LogP) is 3.84. The lowest BCUT2D eigenvalue weighted by Crippen LogP contribution is -1.97. The van der Waals surface area contributed by atoms with Crippen molar-refractivity contribution < 1.29 is 4.74 Å². The first kappa shape index (κ1) is 12.7. The van der Waals surface area contributed by atoms with E-state index in [4.69, 9.17) is 33.2 Å². The zero-order valence-electron chi connectivity index (χ0n) is 9.23. The Morgan fingerprint density at radius 3 is 2.67 bits per heavy atom.